The Hall–Kier alpha value is -1.37. The number of nitrogens with one attached hydrogen (secondary N) is 1. The van der Waals surface area contributed by atoms with Crippen molar-refractivity contribution in [3.63, 3.8) is 0 Å². The first-order valence-electron chi connectivity index (χ1n) is 6.95. The van der Waals surface area contributed by atoms with E-state index in [-0.39, 0.29) is 11.4 Å². The predicted molar refractivity (Wildman–Crippen MR) is 88.1 cm³/mol. The summed E-state index contributed by atoms with van der Waals surface area (Å²) in [5, 5.41) is 1.74. The first-order chi connectivity index (χ1) is 10.1. The molecular weight excluding hydrogens is 304 g/mol. The van der Waals surface area contributed by atoms with E-state index in [4.69, 9.17) is 5.73 Å². The second-order valence-electron chi connectivity index (χ2n) is 4.82. The molecule has 0 amide bonds. The Morgan fingerprint density at radius 2 is 1.90 bits per heavy atom. The fourth-order valence-corrected chi connectivity index (χ4v) is 4.44. The van der Waals surface area contributed by atoms with Gasteiger partial charge in [-0.15, -0.1) is 11.3 Å². The molecule has 0 fully saturated rings. The lowest BCUT2D eigenvalue weighted by Gasteiger charge is -2.09. The number of rotatable bonds is 7. The third-order valence-electron chi connectivity index (χ3n) is 3.20. The van der Waals surface area contributed by atoms with Crippen LogP contribution in [0.25, 0.3) is 0 Å². The quantitative estimate of drug-likeness (QED) is 0.820. The SMILES string of the molecule is CCCCc1ccc(NS(=O)(=O)c2ccsc2CN)cc1. The van der Waals surface area contributed by atoms with E-state index in [2.05, 4.69) is 11.6 Å². The van der Waals surface area contributed by atoms with Gasteiger partial charge in [0, 0.05) is 17.1 Å². The van der Waals surface area contributed by atoms with Crippen molar-refractivity contribution in [2.24, 2.45) is 5.73 Å². The zero-order chi connectivity index (χ0) is 15.3. The molecule has 0 spiro atoms. The van der Waals surface area contributed by atoms with Gasteiger partial charge in [0.15, 0.2) is 0 Å². The molecule has 0 aliphatic heterocycles. The van der Waals surface area contributed by atoms with Crippen molar-refractivity contribution in [2.75, 3.05) is 4.72 Å². The highest BCUT2D eigenvalue weighted by Gasteiger charge is 2.19. The highest BCUT2D eigenvalue weighted by atomic mass is 32.2. The summed E-state index contributed by atoms with van der Waals surface area (Å²) in [6.45, 7) is 2.38. The van der Waals surface area contributed by atoms with Crippen LogP contribution < -0.4 is 10.5 Å². The summed E-state index contributed by atoms with van der Waals surface area (Å²) in [7, 11) is -3.56. The monoisotopic (exact) mass is 324 g/mol. The molecule has 3 N–H and O–H groups in total. The van der Waals surface area contributed by atoms with Crippen LogP contribution >= 0.6 is 11.3 Å². The van der Waals surface area contributed by atoms with E-state index in [0.29, 0.717) is 10.6 Å². The number of unbranched alkanes of at least 4 members (excludes halogenated alkanes) is 1. The minimum absolute atomic E-state index is 0.226. The van der Waals surface area contributed by atoms with Crippen LogP contribution in [0.15, 0.2) is 40.6 Å². The topological polar surface area (TPSA) is 72.2 Å². The molecular formula is C15H20N2O2S2. The first-order valence-corrected chi connectivity index (χ1v) is 9.31. The number of benzene rings is 1. The number of thiophene rings is 1. The van der Waals surface area contributed by atoms with Crippen LogP contribution in [0.2, 0.25) is 0 Å². The number of anilines is 1. The number of hydrogen-bond acceptors (Lipinski definition) is 4. The maximum atomic E-state index is 12.3. The van der Waals surface area contributed by atoms with E-state index in [9.17, 15) is 8.42 Å². The van der Waals surface area contributed by atoms with E-state index in [1.54, 1.807) is 23.6 Å². The van der Waals surface area contributed by atoms with E-state index >= 15 is 0 Å². The molecule has 2 aromatic rings. The van der Waals surface area contributed by atoms with E-state index < -0.39 is 10.0 Å². The molecule has 0 unspecified atom stereocenters. The zero-order valence-electron chi connectivity index (χ0n) is 12.0. The Balaban J connectivity index is 2.13. The Kier molecular flexibility index (Phi) is 5.39. The van der Waals surface area contributed by atoms with E-state index in [0.717, 1.165) is 19.3 Å². The van der Waals surface area contributed by atoms with E-state index in [1.165, 1.54) is 16.9 Å². The molecule has 0 saturated heterocycles. The molecule has 0 saturated carbocycles. The fourth-order valence-electron chi connectivity index (χ4n) is 2.05. The molecule has 1 aromatic carbocycles. The zero-order valence-corrected chi connectivity index (χ0v) is 13.6. The summed E-state index contributed by atoms with van der Waals surface area (Å²) in [5.74, 6) is 0. The molecule has 1 heterocycles. The fraction of sp³-hybridized carbons (Fsp3) is 0.333. The van der Waals surface area contributed by atoms with Gasteiger partial charge < -0.3 is 5.73 Å². The van der Waals surface area contributed by atoms with Crippen LogP contribution in [0.1, 0.15) is 30.2 Å². The van der Waals surface area contributed by atoms with Crippen molar-refractivity contribution in [3.8, 4) is 0 Å². The summed E-state index contributed by atoms with van der Waals surface area (Å²) in [6.07, 6.45) is 3.31. The maximum absolute atomic E-state index is 12.3. The normalized spacial score (nSPS) is 11.5. The number of nitrogens with two attached hydrogens (primary N) is 1. The van der Waals surface area contributed by atoms with Crippen LogP contribution in [-0.4, -0.2) is 8.42 Å². The largest absolute Gasteiger partial charge is 0.326 e. The molecule has 114 valence electrons. The van der Waals surface area contributed by atoms with Gasteiger partial charge in [0.25, 0.3) is 10.0 Å². The van der Waals surface area contributed by atoms with Crippen LogP contribution in [0.5, 0.6) is 0 Å². The highest BCUT2D eigenvalue weighted by molar-refractivity contribution is 7.93. The number of hydrogen-bond donors (Lipinski definition) is 2. The lowest BCUT2D eigenvalue weighted by Crippen LogP contribution is -2.14. The van der Waals surface area contributed by atoms with Crippen molar-refractivity contribution < 1.29 is 8.42 Å². The minimum atomic E-state index is -3.56. The van der Waals surface area contributed by atoms with E-state index in [1.807, 2.05) is 12.1 Å². The molecule has 2 rings (SSSR count). The molecule has 4 nitrogen and oxygen atoms in total. The number of sulfonamides is 1. The Bertz CT molecular complexity index is 676. The smallest absolute Gasteiger partial charge is 0.263 e. The summed E-state index contributed by atoms with van der Waals surface area (Å²) in [4.78, 5) is 0.937. The highest BCUT2D eigenvalue weighted by Crippen LogP contribution is 2.24. The van der Waals surface area contributed by atoms with Gasteiger partial charge in [0.2, 0.25) is 0 Å². The second-order valence-corrected chi connectivity index (χ2v) is 7.47. The van der Waals surface area contributed by atoms with Crippen molar-refractivity contribution in [3.05, 3.63) is 46.2 Å². The first kappa shape index (κ1) is 16.0. The average molecular weight is 324 g/mol. The molecule has 1 aromatic heterocycles. The van der Waals surface area contributed by atoms with Crippen molar-refractivity contribution in [1.82, 2.24) is 0 Å². The Labute approximate surface area is 130 Å². The minimum Gasteiger partial charge on any atom is -0.326 e. The maximum Gasteiger partial charge on any atom is 0.263 e. The van der Waals surface area contributed by atoms with Gasteiger partial charge >= 0.3 is 0 Å². The molecule has 0 radical (unpaired) electrons. The third kappa shape index (κ3) is 4.06. The predicted octanol–water partition coefficient (Wildman–Crippen LogP) is 3.35. The molecule has 6 heteroatoms. The van der Waals surface area contributed by atoms with Crippen LogP contribution in [-0.2, 0) is 23.0 Å². The van der Waals surface area contributed by atoms with Gasteiger partial charge in [-0.25, -0.2) is 8.42 Å². The summed E-state index contributed by atoms with van der Waals surface area (Å²) in [5.41, 5.74) is 7.36. The molecule has 0 aliphatic carbocycles. The second kappa shape index (κ2) is 7.06. The summed E-state index contributed by atoms with van der Waals surface area (Å²) < 4.78 is 27.3. The van der Waals surface area contributed by atoms with Gasteiger partial charge in [-0.2, -0.15) is 0 Å². The third-order valence-corrected chi connectivity index (χ3v) is 5.74. The molecule has 21 heavy (non-hydrogen) atoms. The Morgan fingerprint density at radius 3 is 2.52 bits per heavy atom. The standard InChI is InChI=1S/C15H20N2O2S2/c1-2-3-4-12-5-7-13(8-6-12)17-21(18,19)15-9-10-20-14(15)11-16/h5-10,17H,2-4,11,16H2,1H3. The molecule has 0 bridgehead atoms. The average Bonchev–Trinajstić information content (AvgIpc) is 2.95. The lowest BCUT2D eigenvalue weighted by molar-refractivity contribution is 0.600. The van der Waals surface area contributed by atoms with Gasteiger partial charge in [0.05, 0.1) is 0 Å². The van der Waals surface area contributed by atoms with Gasteiger partial charge in [-0.1, -0.05) is 25.5 Å². The van der Waals surface area contributed by atoms with Gasteiger partial charge in [-0.05, 0) is 42.0 Å². The van der Waals surface area contributed by atoms with Crippen LogP contribution in [0.4, 0.5) is 5.69 Å². The summed E-state index contributed by atoms with van der Waals surface area (Å²) >= 11 is 1.35. The van der Waals surface area contributed by atoms with Gasteiger partial charge in [-0.3, -0.25) is 4.72 Å². The van der Waals surface area contributed by atoms with Crippen molar-refractivity contribution in [1.29, 1.82) is 0 Å². The molecule has 0 aliphatic rings. The van der Waals surface area contributed by atoms with Crippen LogP contribution in [0, 0.1) is 0 Å². The summed E-state index contributed by atoms with van der Waals surface area (Å²) in [6, 6.07) is 9.12. The lowest BCUT2D eigenvalue weighted by atomic mass is 10.1. The molecule has 0 atom stereocenters. The Morgan fingerprint density at radius 1 is 1.19 bits per heavy atom. The van der Waals surface area contributed by atoms with Crippen LogP contribution in [0.3, 0.4) is 0 Å². The van der Waals surface area contributed by atoms with Crippen molar-refractivity contribution >= 4 is 27.0 Å². The van der Waals surface area contributed by atoms with Gasteiger partial charge in [0.1, 0.15) is 4.90 Å². The number of aryl methyl sites for hydroxylation is 1. The van der Waals surface area contributed by atoms with Crippen molar-refractivity contribution in [2.45, 2.75) is 37.6 Å².